The highest BCUT2D eigenvalue weighted by Gasteiger charge is 2.50. The van der Waals surface area contributed by atoms with Gasteiger partial charge >= 0.3 is 0 Å². The predicted molar refractivity (Wildman–Crippen MR) is 97.0 cm³/mol. The number of nitrogens with two attached hydrogens (primary N) is 1. The number of nitrogens with zero attached hydrogens (tertiary/aromatic N) is 4. The highest BCUT2D eigenvalue weighted by molar-refractivity contribution is 5.25. The first-order chi connectivity index (χ1) is 12.3. The van der Waals surface area contributed by atoms with E-state index in [0.717, 1.165) is 38.3 Å². The largest absolute Gasteiger partial charge is 0.330 e. The van der Waals surface area contributed by atoms with Crippen LogP contribution in [0.2, 0.25) is 0 Å². The van der Waals surface area contributed by atoms with Crippen LogP contribution in [0, 0.1) is 5.92 Å². The van der Waals surface area contributed by atoms with Gasteiger partial charge in [-0.3, -0.25) is 4.90 Å². The zero-order valence-corrected chi connectivity index (χ0v) is 14.8. The van der Waals surface area contributed by atoms with Gasteiger partial charge in [0, 0.05) is 6.04 Å². The van der Waals surface area contributed by atoms with E-state index in [2.05, 4.69) is 55.9 Å². The molecule has 2 heterocycles. The van der Waals surface area contributed by atoms with Gasteiger partial charge in [0.2, 0.25) is 0 Å². The number of tetrazole rings is 1. The van der Waals surface area contributed by atoms with Crippen LogP contribution in [0.15, 0.2) is 30.3 Å². The molecule has 25 heavy (non-hydrogen) atoms. The molecule has 3 N–H and O–H groups in total. The van der Waals surface area contributed by atoms with Crippen LogP contribution in [-0.4, -0.2) is 51.2 Å². The quantitative estimate of drug-likeness (QED) is 0.868. The van der Waals surface area contributed by atoms with Gasteiger partial charge in [0.15, 0.2) is 5.82 Å². The lowest BCUT2D eigenvalue weighted by molar-refractivity contribution is 0.0902. The van der Waals surface area contributed by atoms with E-state index in [4.69, 9.17) is 5.73 Å². The number of nitrogens with one attached hydrogen (secondary N) is 1. The van der Waals surface area contributed by atoms with E-state index < -0.39 is 0 Å². The molecule has 0 spiro atoms. The van der Waals surface area contributed by atoms with Crippen LogP contribution in [-0.2, 0) is 11.8 Å². The summed E-state index contributed by atoms with van der Waals surface area (Å²) in [5, 5.41) is 15.5. The molecule has 1 aromatic carbocycles. The summed E-state index contributed by atoms with van der Waals surface area (Å²) >= 11 is 0. The molecule has 1 saturated heterocycles. The maximum Gasteiger partial charge on any atom is 0.182 e. The van der Waals surface area contributed by atoms with Gasteiger partial charge in [0.05, 0.1) is 5.41 Å². The maximum atomic E-state index is 5.88. The summed E-state index contributed by atoms with van der Waals surface area (Å²) in [7, 11) is 0. The van der Waals surface area contributed by atoms with Gasteiger partial charge in [-0.1, -0.05) is 42.0 Å². The molecule has 1 aliphatic heterocycles. The standard InChI is InChI=1S/C19H28N6/c20-14-16-8-11-25(12-9-16)17-7-4-10-19(17,18-21-23-24-22-18)13-15-5-2-1-3-6-15/h1-3,5-6,16-17H,4,7-14,20H2,(H,21,22,23,24). The molecule has 2 fully saturated rings. The predicted octanol–water partition coefficient (Wildman–Crippen LogP) is 1.90. The Labute approximate surface area is 149 Å². The van der Waals surface area contributed by atoms with Crippen molar-refractivity contribution in [2.45, 2.75) is 50.0 Å². The Kier molecular flexibility index (Phi) is 4.81. The highest BCUT2D eigenvalue weighted by atomic mass is 15.5. The summed E-state index contributed by atoms with van der Waals surface area (Å²) in [6, 6.07) is 11.2. The summed E-state index contributed by atoms with van der Waals surface area (Å²) < 4.78 is 0. The molecule has 6 nitrogen and oxygen atoms in total. The SMILES string of the molecule is NCC1CCN(C2CCCC2(Cc2ccccc2)c2nn[nH]n2)CC1. The first-order valence-corrected chi connectivity index (χ1v) is 9.54. The lowest BCUT2D eigenvalue weighted by atomic mass is 9.75. The Morgan fingerprint density at radius 1 is 1.16 bits per heavy atom. The number of likely N-dealkylation sites (tertiary alicyclic amines) is 1. The van der Waals surface area contributed by atoms with Crippen molar-refractivity contribution in [1.29, 1.82) is 0 Å². The van der Waals surface area contributed by atoms with Crippen LogP contribution in [0.25, 0.3) is 0 Å². The van der Waals surface area contributed by atoms with Gasteiger partial charge in [0.1, 0.15) is 0 Å². The second-order valence-corrected chi connectivity index (χ2v) is 7.68. The zero-order chi connectivity index (χ0) is 17.1. The Morgan fingerprint density at radius 2 is 1.96 bits per heavy atom. The molecule has 6 heteroatoms. The van der Waals surface area contributed by atoms with Crippen molar-refractivity contribution in [3.8, 4) is 0 Å². The van der Waals surface area contributed by atoms with Gasteiger partial charge in [-0.2, -0.15) is 5.21 Å². The van der Waals surface area contributed by atoms with E-state index >= 15 is 0 Å². The first kappa shape index (κ1) is 16.7. The number of aromatic nitrogens is 4. The van der Waals surface area contributed by atoms with Crippen LogP contribution in [0.3, 0.4) is 0 Å². The first-order valence-electron chi connectivity index (χ1n) is 9.54. The molecule has 1 saturated carbocycles. The van der Waals surface area contributed by atoms with Gasteiger partial charge < -0.3 is 5.73 Å². The van der Waals surface area contributed by atoms with Gasteiger partial charge in [-0.25, -0.2) is 0 Å². The lowest BCUT2D eigenvalue weighted by Gasteiger charge is -2.43. The fraction of sp³-hybridized carbons (Fsp3) is 0.632. The molecule has 1 aromatic heterocycles. The minimum absolute atomic E-state index is 0.0378. The van der Waals surface area contributed by atoms with Gasteiger partial charge in [-0.15, -0.1) is 10.2 Å². The van der Waals surface area contributed by atoms with E-state index in [0.29, 0.717) is 12.0 Å². The smallest absolute Gasteiger partial charge is 0.182 e. The molecule has 2 aliphatic rings. The van der Waals surface area contributed by atoms with Crippen molar-refractivity contribution in [3.63, 3.8) is 0 Å². The molecule has 1 aliphatic carbocycles. The highest BCUT2D eigenvalue weighted by Crippen LogP contribution is 2.45. The zero-order valence-electron chi connectivity index (χ0n) is 14.8. The molecule has 4 rings (SSSR count). The van der Waals surface area contributed by atoms with Crippen molar-refractivity contribution in [1.82, 2.24) is 25.5 Å². The third-order valence-corrected chi connectivity index (χ3v) is 6.31. The molecule has 134 valence electrons. The molecular weight excluding hydrogens is 312 g/mol. The third kappa shape index (κ3) is 3.20. The summed E-state index contributed by atoms with van der Waals surface area (Å²) in [6.07, 6.45) is 6.97. The van der Waals surface area contributed by atoms with E-state index in [1.165, 1.54) is 31.2 Å². The minimum Gasteiger partial charge on any atom is -0.330 e. The Bertz CT molecular complexity index is 650. The average molecular weight is 340 g/mol. The van der Waals surface area contributed by atoms with Crippen LogP contribution in [0.1, 0.15) is 43.5 Å². The van der Waals surface area contributed by atoms with E-state index in [1.807, 2.05) is 0 Å². The number of piperidine rings is 1. The average Bonchev–Trinajstić information content (AvgIpc) is 3.33. The van der Waals surface area contributed by atoms with E-state index in [1.54, 1.807) is 0 Å². The number of benzene rings is 1. The molecule has 0 amide bonds. The monoisotopic (exact) mass is 340 g/mol. The minimum atomic E-state index is -0.0378. The van der Waals surface area contributed by atoms with E-state index in [9.17, 15) is 0 Å². The van der Waals surface area contributed by atoms with Crippen LogP contribution in [0.5, 0.6) is 0 Å². The lowest BCUT2D eigenvalue weighted by Crippen LogP contribution is -2.52. The van der Waals surface area contributed by atoms with Crippen molar-refractivity contribution >= 4 is 0 Å². The fourth-order valence-electron chi connectivity index (χ4n) is 4.97. The molecule has 0 bridgehead atoms. The number of hydrogen-bond acceptors (Lipinski definition) is 5. The normalized spacial score (nSPS) is 28.4. The van der Waals surface area contributed by atoms with Crippen molar-refractivity contribution in [2.24, 2.45) is 11.7 Å². The van der Waals surface area contributed by atoms with Crippen LogP contribution < -0.4 is 5.73 Å². The molecule has 2 aromatic rings. The molecular formula is C19H28N6. The molecule has 2 atom stereocenters. The van der Waals surface area contributed by atoms with Crippen LogP contribution in [0.4, 0.5) is 0 Å². The van der Waals surface area contributed by atoms with Crippen molar-refractivity contribution < 1.29 is 0 Å². The fourth-order valence-corrected chi connectivity index (χ4v) is 4.97. The van der Waals surface area contributed by atoms with Gasteiger partial charge in [-0.05, 0) is 63.2 Å². The van der Waals surface area contributed by atoms with Gasteiger partial charge in [0.25, 0.3) is 0 Å². The second-order valence-electron chi connectivity index (χ2n) is 7.68. The summed E-state index contributed by atoms with van der Waals surface area (Å²) in [6.45, 7) is 3.10. The summed E-state index contributed by atoms with van der Waals surface area (Å²) in [4.78, 5) is 2.68. The molecule has 2 unspecified atom stereocenters. The number of H-pyrrole nitrogens is 1. The number of rotatable bonds is 5. The van der Waals surface area contributed by atoms with Crippen LogP contribution >= 0.6 is 0 Å². The van der Waals surface area contributed by atoms with E-state index in [-0.39, 0.29) is 5.41 Å². The summed E-state index contributed by atoms with van der Waals surface area (Å²) in [5.41, 5.74) is 7.20. The Morgan fingerprint density at radius 3 is 2.64 bits per heavy atom. The Hall–Kier alpha value is -1.79. The second kappa shape index (κ2) is 7.22. The van der Waals surface area contributed by atoms with Crippen molar-refractivity contribution in [2.75, 3.05) is 19.6 Å². The number of hydrogen-bond donors (Lipinski definition) is 2. The maximum absolute atomic E-state index is 5.88. The summed E-state index contributed by atoms with van der Waals surface area (Å²) in [5.74, 6) is 1.58. The van der Waals surface area contributed by atoms with Crippen molar-refractivity contribution in [3.05, 3.63) is 41.7 Å². The molecule has 0 radical (unpaired) electrons. The third-order valence-electron chi connectivity index (χ3n) is 6.31. The number of aromatic amines is 1. The Balaban J connectivity index is 1.63. The topological polar surface area (TPSA) is 83.7 Å².